The molecule has 0 aromatic carbocycles. The summed E-state index contributed by atoms with van der Waals surface area (Å²) >= 11 is 5.69. The third-order valence-electron chi connectivity index (χ3n) is 1.97. The topological polar surface area (TPSA) is 35.5 Å². The third-order valence-corrected chi connectivity index (χ3v) is 2.32. The van der Waals surface area contributed by atoms with Crippen molar-refractivity contribution in [3.8, 4) is 0 Å². The minimum atomic E-state index is -0.237. The molecule has 0 saturated heterocycles. The van der Waals surface area contributed by atoms with Crippen LogP contribution in [0.1, 0.15) is 39.5 Å². The van der Waals surface area contributed by atoms with Gasteiger partial charge in [0.2, 0.25) is 0 Å². The molecule has 3 nitrogen and oxygen atoms in total. The van der Waals surface area contributed by atoms with E-state index in [0.29, 0.717) is 19.1 Å². The standard InChI is InChI=1S/C11H21ClO3/c1-3-5-6-7-15-10(9-12)8-11(13)14-4-2/h10H,3-9H2,1-2H3. The number of carbonyl (C=O) groups excluding carboxylic acids is 1. The lowest BCUT2D eigenvalue weighted by atomic mass is 10.2. The lowest BCUT2D eigenvalue weighted by Gasteiger charge is -2.14. The maximum Gasteiger partial charge on any atom is 0.308 e. The molecule has 0 fully saturated rings. The molecular weight excluding hydrogens is 216 g/mol. The van der Waals surface area contributed by atoms with E-state index in [4.69, 9.17) is 21.1 Å². The van der Waals surface area contributed by atoms with E-state index >= 15 is 0 Å². The molecule has 4 heteroatoms. The van der Waals surface area contributed by atoms with Crippen LogP contribution in [0.4, 0.5) is 0 Å². The van der Waals surface area contributed by atoms with Gasteiger partial charge in [0, 0.05) is 12.5 Å². The summed E-state index contributed by atoms with van der Waals surface area (Å²) < 4.78 is 10.3. The van der Waals surface area contributed by atoms with Crippen molar-refractivity contribution in [2.45, 2.75) is 45.6 Å². The summed E-state index contributed by atoms with van der Waals surface area (Å²) in [5.74, 6) is 0.101. The van der Waals surface area contributed by atoms with Crippen LogP contribution < -0.4 is 0 Å². The SMILES string of the molecule is CCCCCOC(CCl)CC(=O)OCC. The highest BCUT2D eigenvalue weighted by Crippen LogP contribution is 2.05. The summed E-state index contributed by atoms with van der Waals surface area (Å²) in [4.78, 5) is 11.1. The van der Waals surface area contributed by atoms with Gasteiger partial charge in [0.05, 0.1) is 19.1 Å². The second kappa shape index (κ2) is 10.2. The van der Waals surface area contributed by atoms with Crippen LogP contribution in [0.25, 0.3) is 0 Å². The van der Waals surface area contributed by atoms with Crippen molar-refractivity contribution in [2.75, 3.05) is 19.1 Å². The molecule has 0 rings (SSSR count). The van der Waals surface area contributed by atoms with E-state index in [9.17, 15) is 4.79 Å². The summed E-state index contributed by atoms with van der Waals surface area (Å²) in [7, 11) is 0. The van der Waals surface area contributed by atoms with Gasteiger partial charge in [-0.1, -0.05) is 19.8 Å². The van der Waals surface area contributed by atoms with Crippen LogP contribution in [0.3, 0.4) is 0 Å². The van der Waals surface area contributed by atoms with Gasteiger partial charge < -0.3 is 9.47 Å². The highest BCUT2D eigenvalue weighted by atomic mass is 35.5. The number of unbranched alkanes of at least 4 members (excludes halogenated alkanes) is 2. The van der Waals surface area contributed by atoms with E-state index < -0.39 is 0 Å². The Balaban J connectivity index is 3.58. The Kier molecular flexibility index (Phi) is 10.1. The van der Waals surface area contributed by atoms with Gasteiger partial charge in [-0.3, -0.25) is 4.79 Å². The molecule has 0 aliphatic carbocycles. The Morgan fingerprint density at radius 3 is 2.60 bits per heavy atom. The highest BCUT2D eigenvalue weighted by Gasteiger charge is 2.13. The number of halogens is 1. The van der Waals surface area contributed by atoms with Gasteiger partial charge in [-0.15, -0.1) is 11.6 Å². The summed E-state index contributed by atoms with van der Waals surface area (Å²) in [5, 5.41) is 0. The van der Waals surface area contributed by atoms with Crippen molar-refractivity contribution in [2.24, 2.45) is 0 Å². The van der Waals surface area contributed by atoms with E-state index in [2.05, 4.69) is 6.92 Å². The number of hydrogen-bond donors (Lipinski definition) is 0. The molecule has 0 radical (unpaired) electrons. The number of ether oxygens (including phenoxy) is 2. The van der Waals surface area contributed by atoms with Crippen molar-refractivity contribution in [3.05, 3.63) is 0 Å². The molecule has 0 aliphatic rings. The zero-order valence-corrected chi connectivity index (χ0v) is 10.4. The largest absolute Gasteiger partial charge is 0.466 e. The Labute approximate surface area is 97.1 Å². The maximum atomic E-state index is 11.1. The van der Waals surface area contributed by atoms with Crippen molar-refractivity contribution < 1.29 is 14.3 Å². The Hall–Kier alpha value is -0.280. The molecule has 0 N–H and O–H groups in total. The smallest absolute Gasteiger partial charge is 0.308 e. The first-order valence-corrected chi connectivity index (χ1v) is 6.11. The maximum absolute atomic E-state index is 11.1. The number of rotatable bonds is 9. The molecule has 90 valence electrons. The van der Waals surface area contributed by atoms with Crippen LogP contribution in [-0.4, -0.2) is 31.2 Å². The fourth-order valence-corrected chi connectivity index (χ4v) is 1.36. The molecule has 0 bridgehead atoms. The summed E-state index contributed by atoms with van der Waals surface area (Å²) in [6.07, 6.45) is 3.37. The van der Waals surface area contributed by atoms with Crippen molar-refractivity contribution in [1.29, 1.82) is 0 Å². The quantitative estimate of drug-likeness (QED) is 0.351. The summed E-state index contributed by atoms with van der Waals surface area (Å²) in [6, 6.07) is 0. The van der Waals surface area contributed by atoms with Crippen LogP contribution in [-0.2, 0) is 14.3 Å². The van der Waals surface area contributed by atoms with Crippen molar-refractivity contribution in [3.63, 3.8) is 0 Å². The number of carbonyl (C=O) groups is 1. The number of esters is 1. The molecule has 1 atom stereocenters. The highest BCUT2D eigenvalue weighted by molar-refractivity contribution is 6.18. The van der Waals surface area contributed by atoms with Crippen LogP contribution >= 0.6 is 11.6 Å². The lowest BCUT2D eigenvalue weighted by Crippen LogP contribution is -2.21. The van der Waals surface area contributed by atoms with Gasteiger partial charge in [-0.05, 0) is 13.3 Å². The lowest BCUT2D eigenvalue weighted by molar-refractivity contribution is -0.145. The summed E-state index contributed by atoms with van der Waals surface area (Å²) in [6.45, 7) is 5.00. The molecule has 0 amide bonds. The van der Waals surface area contributed by atoms with Gasteiger partial charge in [0.1, 0.15) is 0 Å². The minimum absolute atomic E-state index is 0.206. The van der Waals surface area contributed by atoms with E-state index in [1.54, 1.807) is 6.92 Å². The second-order valence-electron chi connectivity index (χ2n) is 3.36. The molecular formula is C11H21ClO3. The summed E-state index contributed by atoms with van der Waals surface area (Å²) in [5.41, 5.74) is 0. The van der Waals surface area contributed by atoms with Crippen LogP contribution in [0.2, 0.25) is 0 Å². The zero-order chi connectivity index (χ0) is 11.5. The Bertz CT molecular complexity index is 162. The first-order chi connectivity index (χ1) is 7.24. The average molecular weight is 237 g/mol. The predicted molar refractivity (Wildman–Crippen MR) is 61.2 cm³/mol. The number of hydrogen-bond acceptors (Lipinski definition) is 3. The van der Waals surface area contributed by atoms with Crippen LogP contribution in [0.5, 0.6) is 0 Å². The van der Waals surface area contributed by atoms with Crippen molar-refractivity contribution in [1.82, 2.24) is 0 Å². The van der Waals surface area contributed by atoms with E-state index in [-0.39, 0.29) is 18.5 Å². The fraction of sp³-hybridized carbons (Fsp3) is 0.909. The van der Waals surface area contributed by atoms with E-state index in [0.717, 1.165) is 19.3 Å². The predicted octanol–water partition coefficient (Wildman–Crippen LogP) is 2.75. The molecule has 0 aromatic heterocycles. The van der Waals surface area contributed by atoms with E-state index in [1.807, 2.05) is 0 Å². The molecule has 0 spiro atoms. The molecule has 0 aromatic rings. The molecule has 0 heterocycles. The normalized spacial score (nSPS) is 12.5. The monoisotopic (exact) mass is 236 g/mol. The van der Waals surface area contributed by atoms with E-state index in [1.165, 1.54) is 0 Å². The van der Waals surface area contributed by atoms with Gasteiger partial charge >= 0.3 is 5.97 Å². The fourth-order valence-electron chi connectivity index (χ4n) is 1.17. The Morgan fingerprint density at radius 2 is 2.07 bits per heavy atom. The molecule has 15 heavy (non-hydrogen) atoms. The van der Waals surface area contributed by atoms with Crippen LogP contribution in [0.15, 0.2) is 0 Å². The number of alkyl halides is 1. The first kappa shape index (κ1) is 14.7. The molecule has 1 unspecified atom stereocenters. The van der Waals surface area contributed by atoms with Crippen LogP contribution in [0, 0.1) is 0 Å². The van der Waals surface area contributed by atoms with Gasteiger partial charge in [-0.2, -0.15) is 0 Å². The zero-order valence-electron chi connectivity index (χ0n) is 9.63. The minimum Gasteiger partial charge on any atom is -0.466 e. The molecule has 0 aliphatic heterocycles. The first-order valence-electron chi connectivity index (χ1n) is 5.57. The third kappa shape index (κ3) is 8.70. The van der Waals surface area contributed by atoms with Gasteiger partial charge in [0.25, 0.3) is 0 Å². The average Bonchev–Trinajstić information content (AvgIpc) is 2.23. The van der Waals surface area contributed by atoms with Gasteiger partial charge in [-0.25, -0.2) is 0 Å². The van der Waals surface area contributed by atoms with Crippen molar-refractivity contribution >= 4 is 17.6 Å². The molecule has 0 saturated carbocycles. The second-order valence-corrected chi connectivity index (χ2v) is 3.67. The van der Waals surface area contributed by atoms with Gasteiger partial charge in [0.15, 0.2) is 0 Å². The Morgan fingerprint density at radius 1 is 1.33 bits per heavy atom.